The Hall–Kier alpha value is -2.43. The SMILES string of the molecule is Nc1ccnc([N+](=O)[O-])c1-c1ccccc1. The molecule has 0 amide bonds. The molecule has 0 saturated carbocycles. The summed E-state index contributed by atoms with van der Waals surface area (Å²) >= 11 is 0. The minimum Gasteiger partial charge on any atom is -0.398 e. The van der Waals surface area contributed by atoms with Crippen LogP contribution in [0.25, 0.3) is 11.1 Å². The van der Waals surface area contributed by atoms with Gasteiger partial charge in [-0.1, -0.05) is 30.3 Å². The van der Waals surface area contributed by atoms with E-state index in [1.165, 1.54) is 6.20 Å². The number of rotatable bonds is 2. The number of pyridine rings is 1. The van der Waals surface area contributed by atoms with E-state index in [-0.39, 0.29) is 5.82 Å². The quantitative estimate of drug-likeness (QED) is 0.615. The number of nitrogens with zero attached hydrogens (tertiary/aromatic N) is 2. The van der Waals surface area contributed by atoms with Gasteiger partial charge in [0.25, 0.3) is 0 Å². The highest BCUT2D eigenvalue weighted by Crippen LogP contribution is 2.32. The van der Waals surface area contributed by atoms with Crippen LogP contribution < -0.4 is 5.73 Å². The molecule has 2 N–H and O–H groups in total. The van der Waals surface area contributed by atoms with Gasteiger partial charge in [-0.15, -0.1) is 0 Å². The van der Waals surface area contributed by atoms with Crippen LogP contribution in [-0.4, -0.2) is 9.91 Å². The number of benzene rings is 1. The molecule has 2 aromatic rings. The topological polar surface area (TPSA) is 82.0 Å². The van der Waals surface area contributed by atoms with Crippen molar-refractivity contribution in [3.05, 3.63) is 52.7 Å². The smallest absolute Gasteiger partial charge is 0.373 e. The van der Waals surface area contributed by atoms with Gasteiger partial charge in [0, 0.05) is 6.07 Å². The van der Waals surface area contributed by atoms with Crippen LogP contribution in [0.15, 0.2) is 42.6 Å². The van der Waals surface area contributed by atoms with Crippen molar-refractivity contribution in [2.75, 3.05) is 5.73 Å². The summed E-state index contributed by atoms with van der Waals surface area (Å²) in [6, 6.07) is 10.5. The Balaban J connectivity index is 2.68. The van der Waals surface area contributed by atoms with Crippen LogP contribution in [0.1, 0.15) is 0 Å². The summed E-state index contributed by atoms with van der Waals surface area (Å²) in [4.78, 5) is 14.0. The molecular formula is C11H9N3O2. The number of anilines is 1. The zero-order valence-electron chi connectivity index (χ0n) is 8.33. The van der Waals surface area contributed by atoms with Crippen molar-refractivity contribution >= 4 is 11.5 Å². The third-order valence-electron chi connectivity index (χ3n) is 2.20. The highest BCUT2D eigenvalue weighted by Gasteiger charge is 2.18. The van der Waals surface area contributed by atoms with Crippen molar-refractivity contribution in [2.24, 2.45) is 0 Å². The van der Waals surface area contributed by atoms with E-state index < -0.39 is 4.92 Å². The molecule has 0 bridgehead atoms. The molecule has 0 aliphatic carbocycles. The molecule has 0 radical (unpaired) electrons. The van der Waals surface area contributed by atoms with Gasteiger partial charge in [0.05, 0.1) is 5.69 Å². The van der Waals surface area contributed by atoms with Gasteiger partial charge in [-0.25, -0.2) is 0 Å². The van der Waals surface area contributed by atoms with Crippen LogP contribution in [0.3, 0.4) is 0 Å². The lowest BCUT2D eigenvalue weighted by atomic mass is 10.1. The molecule has 16 heavy (non-hydrogen) atoms. The number of nitrogens with two attached hydrogens (primary N) is 1. The van der Waals surface area contributed by atoms with Gasteiger partial charge >= 0.3 is 5.82 Å². The fourth-order valence-electron chi connectivity index (χ4n) is 1.50. The standard InChI is InChI=1S/C11H9N3O2/c12-9-6-7-13-11(14(15)16)10(9)8-4-2-1-3-5-8/h1-7H,(H2,12,13). The maximum absolute atomic E-state index is 10.8. The maximum atomic E-state index is 10.8. The second kappa shape index (κ2) is 3.98. The molecule has 1 aromatic carbocycles. The van der Waals surface area contributed by atoms with E-state index in [2.05, 4.69) is 4.98 Å². The molecule has 0 fully saturated rings. The van der Waals surface area contributed by atoms with Crippen molar-refractivity contribution in [3.63, 3.8) is 0 Å². The van der Waals surface area contributed by atoms with Crippen molar-refractivity contribution in [1.29, 1.82) is 0 Å². The molecule has 5 heteroatoms. The van der Waals surface area contributed by atoms with Crippen molar-refractivity contribution in [2.45, 2.75) is 0 Å². The van der Waals surface area contributed by atoms with E-state index >= 15 is 0 Å². The Labute approximate surface area is 91.7 Å². The minimum absolute atomic E-state index is 0.216. The summed E-state index contributed by atoms with van der Waals surface area (Å²) in [5.41, 5.74) is 7.16. The van der Waals surface area contributed by atoms with Gasteiger partial charge in [0.1, 0.15) is 11.8 Å². The predicted molar refractivity (Wildman–Crippen MR) is 60.7 cm³/mol. The van der Waals surface area contributed by atoms with Crippen LogP contribution in [-0.2, 0) is 0 Å². The number of nitro groups is 1. The molecule has 0 spiro atoms. The third kappa shape index (κ3) is 1.70. The third-order valence-corrected chi connectivity index (χ3v) is 2.20. The molecule has 2 rings (SSSR count). The van der Waals surface area contributed by atoms with Crippen LogP contribution in [0.2, 0.25) is 0 Å². The van der Waals surface area contributed by atoms with E-state index in [0.717, 1.165) is 0 Å². The first-order valence-corrected chi connectivity index (χ1v) is 4.64. The number of hydrogen-bond acceptors (Lipinski definition) is 4. The summed E-state index contributed by atoms with van der Waals surface area (Å²) in [6.07, 6.45) is 1.33. The summed E-state index contributed by atoms with van der Waals surface area (Å²) in [5.74, 6) is -0.216. The van der Waals surface area contributed by atoms with E-state index in [1.807, 2.05) is 6.07 Å². The Bertz CT molecular complexity index is 526. The second-order valence-electron chi connectivity index (χ2n) is 3.22. The predicted octanol–water partition coefficient (Wildman–Crippen LogP) is 2.24. The average Bonchev–Trinajstić information content (AvgIpc) is 2.29. The lowest BCUT2D eigenvalue weighted by Crippen LogP contribution is -1.99. The van der Waals surface area contributed by atoms with Crippen molar-refractivity contribution in [3.8, 4) is 11.1 Å². The van der Waals surface area contributed by atoms with E-state index in [9.17, 15) is 10.1 Å². The number of nitrogen functional groups attached to an aromatic ring is 1. The Morgan fingerprint density at radius 2 is 1.88 bits per heavy atom. The number of hydrogen-bond donors (Lipinski definition) is 1. The monoisotopic (exact) mass is 215 g/mol. The molecule has 0 aliphatic heterocycles. The summed E-state index contributed by atoms with van der Waals surface area (Å²) in [7, 11) is 0. The zero-order valence-corrected chi connectivity index (χ0v) is 8.33. The second-order valence-corrected chi connectivity index (χ2v) is 3.22. The van der Waals surface area contributed by atoms with Gasteiger partial charge < -0.3 is 15.8 Å². The van der Waals surface area contributed by atoms with E-state index in [1.54, 1.807) is 30.3 Å². The molecule has 80 valence electrons. The van der Waals surface area contributed by atoms with Gasteiger partial charge in [-0.2, -0.15) is 0 Å². The first-order chi connectivity index (χ1) is 7.70. The fourth-order valence-corrected chi connectivity index (χ4v) is 1.50. The Morgan fingerprint density at radius 1 is 1.19 bits per heavy atom. The number of aromatic nitrogens is 1. The van der Waals surface area contributed by atoms with E-state index in [4.69, 9.17) is 5.73 Å². The zero-order chi connectivity index (χ0) is 11.5. The molecular weight excluding hydrogens is 206 g/mol. The van der Waals surface area contributed by atoms with Gasteiger partial charge in [0.15, 0.2) is 0 Å². The molecule has 5 nitrogen and oxygen atoms in total. The van der Waals surface area contributed by atoms with E-state index in [0.29, 0.717) is 16.8 Å². The highest BCUT2D eigenvalue weighted by molar-refractivity contribution is 5.82. The van der Waals surface area contributed by atoms with Gasteiger partial charge in [-0.3, -0.25) is 0 Å². The summed E-state index contributed by atoms with van der Waals surface area (Å²) in [5, 5.41) is 10.8. The normalized spacial score (nSPS) is 10.0. The molecule has 1 aromatic heterocycles. The minimum atomic E-state index is -0.529. The first-order valence-electron chi connectivity index (χ1n) is 4.64. The first kappa shape index (κ1) is 10.1. The fraction of sp³-hybridized carbons (Fsp3) is 0. The van der Waals surface area contributed by atoms with Crippen LogP contribution in [0.5, 0.6) is 0 Å². The molecule has 0 atom stereocenters. The lowest BCUT2D eigenvalue weighted by Gasteiger charge is -2.05. The van der Waals surface area contributed by atoms with Crippen LogP contribution in [0.4, 0.5) is 11.5 Å². The maximum Gasteiger partial charge on any atom is 0.373 e. The molecule has 0 saturated heterocycles. The molecule has 0 aliphatic rings. The Kier molecular flexibility index (Phi) is 2.51. The Morgan fingerprint density at radius 3 is 2.50 bits per heavy atom. The molecule has 0 unspecified atom stereocenters. The highest BCUT2D eigenvalue weighted by atomic mass is 16.6. The molecule has 1 heterocycles. The van der Waals surface area contributed by atoms with Gasteiger partial charge in [0.2, 0.25) is 0 Å². The van der Waals surface area contributed by atoms with Crippen LogP contribution in [0, 0.1) is 10.1 Å². The summed E-state index contributed by atoms with van der Waals surface area (Å²) in [6.45, 7) is 0. The summed E-state index contributed by atoms with van der Waals surface area (Å²) < 4.78 is 0. The van der Waals surface area contributed by atoms with Gasteiger partial charge in [-0.05, 0) is 15.5 Å². The van der Waals surface area contributed by atoms with Crippen molar-refractivity contribution < 1.29 is 4.92 Å². The lowest BCUT2D eigenvalue weighted by molar-refractivity contribution is -0.388. The average molecular weight is 215 g/mol. The van der Waals surface area contributed by atoms with Crippen LogP contribution >= 0.6 is 0 Å². The van der Waals surface area contributed by atoms with Crippen molar-refractivity contribution in [1.82, 2.24) is 4.98 Å². The largest absolute Gasteiger partial charge is 0.398 e.